The van der Waals surface area contributed by atoms with Gasteiger partial charge in [0.05, 0.1) is 19.7 Å². The maximum Gasteiger partial charge on any atom is 0.310 e. The summed E-state index contributed by atoms with van der Waals surface area (Å²) < 4.78 is 6.62. The fraction of sp³-hybridized carbons (Fsp3) is 0.118. The zero-order valence-electron chi connectivity index (χ0n) is 23.4. The van der Waals surface area contributed by atoms with Gasteiger partial charge < -0.3 is 15.0 Å². The van der Waals surface area contributed by atoms with Crippen LogP contribution in [-0.2, 0) is 21.5 Å². The third-order valence-corrected chi connectivity index (χ3v) is 7.35. The van der Waals surface area contributed by atoms with E-state index in [1.54, 1.807) is 10.7 Å². The van der Waals surface area contributed by atoms with Crippen LogP contribution in [-0.4, -0.2) is 39.7 Å². The Balaban J connectivity index is 1.60. The van der Waals surface area contributed by atoms with Crippen molar-refractivity contribution in [2.45, 2.75) is 12.0 Å². The molecule has 0 aliphatic carbocycles. The van der Waals surface area contributed by atoms with Gasteiger partial charge in [0.1, 0.15) is 5.54 Å². The van der Waals surface area contributed by atoms with Crippen LogP contribution in [0.25, 0.3) is 5.65 Å². The zero-order chi connectivity index (χ0) is 28.9. The van der Waals surface area contributed by atoms with Crippen molar-refractivity contribution in [3.8, 4) is 0 Å². The maximum absolute atomic E-state index is 12.3. The standard InChI is InChI=1S/C34H30N6O2/c1-39(29-21-13-6-14-22-29)33-37-32(36-31-25(23-30(41)42-2)24-35-40(31)33)38-34(26-15-7-3-8-16-26,27-17-9-4-10-18-27)28-19-11-5-12-20-28/h3-22,24H,23H2,1-2H3,(H,36,38). The number of para-hydroxylation sites is 1. The number of hydrogen-bond acceptors (Lipinski definition) is 7. The summed E-state index contributed by atoms with van der Waals surface area (Å²) in [6.45, 7) is 0. The zero-order valence-corrected chi connectivity index (χ0v) is 23.4. The van der Waals surface area contributed by atoms with E-state index >= 15 is 0 Å². The molecule has 0 amide bonds. The quantitative estimate of drug-likeness (QED) is 0.173. The molecule has 0 aliphatic rings. The second-order valence-electron chi connectivity index (χ2n) is 9.87. The number of carbonyl (C=O) groups is 1. The Morgan fingerprint density at radius 1 is 0.786 bits per heavy atom. The summed E-state index contributed by atoms with van der Waals surface area (Å²) in [6.07, 6.45) is 1.68. The number of rotatable bonds is 9. The van der Waals surface area contributed by atoms with Crippen molar-refractivity contribution in [3.05, 3.63) is 150 Å². The minimum absolute atomic E-state index is 0.0339. The molecule has 0 atom stereocenters. The second-order valence-corrected chi connectivity index (χ2v) is 9.87. The van der Waals surface area contributed by atoms with E-state index in [-0.39, 0.29) is 12.4 Å². The molecular weight excluding hydrogens is 524 g/mol. The SMILES string of the molecule is COC(=O)Cc1cnn2c(N(C)c3ccccc3)nc(NC(c3ccccc3)(c3ccccc3)c3ccccc3)nc12. The first kappa shape index (κ1) is 26.7. The summed E-state index contributed by atoms with van der Waals surface area (Å²) in [6, 6.07) is 40.7. The molecule has 42 heavy (non-hydrogen) atoms. The highest BCUT2D eigenvalue weighted by Crippen LogP contribution is 2.40. The molecule has 0 bridgehead atoms. The van der Waals surface area contributed by atoms with Crippen LogP contribution < -0.4 is 10.2 Å². The van der Waals surface area contributed by atoms with Gasteiger partial charge in [-0.15, -0.1) is 0 Å². The van der Waals surface area contributed by atoms with Crippen LogP contribution in [0.15, 0.2) is 128 Å². The third kappa shape index (κ3) is 4.94. The number of ether oxygens (including phenoxy) is 1. The van der Waals surface area contributed by atoms with E-state index < -0.39 is 5.54 Å². The summed E-state index contributed by atoms with van der Waals surface area (Å²) in [5, 5.41) is 8.34. The van der Waals surface area contributed by atoms with Gasteiger partial charge in [0.15, 0.2) is 5.65 Å². The highest BCUT2D eigenvalue weighted by molar-refractivity contribution is 5.76. The Bertz CT molecular complexity index is 1700. The first-order valence-corrected chi connectivity index (χ1v) is 13.6. The van der Waals surface area contributed by atoms with Crippen molar-refractivity contribution in [2.75, 3.05) is 24.4 Å². The number of hydrogen-bond donors (Lipinski definition) is 1. The highest BCUT2D eigenvalue weighted by atomic mass is 16.5. The lowest BCUT2D eigenvalue weighted by atomic mass is 9.77. The van der Waals surface area contributed by atoms with Gasteiger partial charge in [-0.05, 0) is 28.8 Å². The Morgan fingerprint density at radius 3 is 1.79 bits per heavy atom. The molecule has 0 unspecified atom stereocenters. The molecule has 0 spiro atoms. The van der Waals surface area contributed by atoms with Crippen molar-refractivity contribution in [1.29, 1.82) is 0 Å². The number of nitrogens with zero attached hydrogens (tertiary/aromatic N) is 5. The fourth-order valence-electron chi connectivity index (χ4n) is 5.25. The van der Waals surface area contributed by atoms with Gasteiger partial charge in [0, 0.05) is 18.3 Å². The van der Waals surface area contributed by atoms with Crippen LogP contribution in [0.2, 0.25) is 0 Å². The first-order valence-electron chi connectivity index (χ1n) is 13.6. The molecule has 4 aromatic carbocycles. The van der Waals surface area contributed by atoms with E-state index in [4.69, 9.17) is 14.7 Å². The van der Waals surface area contributed by atoms with Crippen LogP contribution >= 0.6 is 0 Å². The van der Waals surface area contributed by atoms with Gasteiger partial charge in [-0.1, -0.05) is 109 Å². The molecular formula is C34H30N6O2. The van der Waals surface area contributed by atoms with Crippen LogP contribution in [0, 0.1) is 0 Å². The van der Waals surface area contributed by atoms with E-state index in [9.17, 15) is 4.79 Å². The average molecular weight is 555 g/mol. The Labute approximate surface area is 244 Å². The van der Waals surface area contributed by atoms with Gasteiger partial charge >= 0.3 is 5.97 Å². The van der Waals surface area contributed by atoms with Crippen LogP contribution in [0.4, 0.5) is 17.6 Å². The lowest BCUT2D eigenvalue weighted by Gasteiger charge is -2.37. The smallest absolute Gasteiger partial charge is 0.310 e. The summed E-state index contributed by atoms with van der Waals surface area (Å²) >= 11 is 0. The van der Waals surface area contributed by atoms with E-state index in [0.29, 0.717) is 23.1 Å². The lowest BCUT2D eigenvalue weighted by molar-refractivity contribution is -0.139. The number of benzene rings is 4. The Morgan fingerprint density at radius 2 is 1.29 bits per heavy atom. The predicted molar refractivity (Wildman–Crippen MR) is 164 cm³/mol. The van der Waals surface area contributed by atoms with Crippen molar-refractivity contribution in [3.63, 3.8) is 0 Å². The predicted octanol–water partition coefficient (Wildman–Crippen LogP) is 6.01. The molecule has 6 aromatic rings. The number of esters is 1. The fourth-order valence-corrected chi connectivity index (χ4v) is 5.25. The van der Waals surface area contributed by atoms with Crippen molar-refractivity contribution < 1.29 is 9.53 Å². The number of aromatic nitrogens is 4. The molecule has 2 heterocycles. The van der Waals surface area contributed by atoms with Gasteiger partial charge in [0.25, 0.3) is 0 Å². The molecule has 0 fully saturated rings. The average Bonchev–Trinajstić information content (AvgIpc) is 3.46. The summed E-state index contributed by atoms with van der Waals surface area (Å²) in [7, 11) is 3.31. The van der Waals surface area contributed by atoms with E-state index in [1.807, 2.05) is 96.9 Å². The van der Waals surface area contributed by atoms with Gasteiger partial charge in [0.2, 0.25) is 11.9 Å². The van der Waals surface area contributed by atoms with Crippen LogP contribution in [0.5, 0.6) is 0 Å². The van der Waals surface area contributed by atoms with Crippen LogP contribution in [0.3, 0.4) is 0 Å². The molecule has 6 rings (SSSR count). The maximum atomic E-state index is 12.3. The number of fused-ring (bicyclic) bond motifs is 1. The summed E-state index contributed by atoms with van der Waals surface area (Å²) in [5.74, 6) is 0.541. The van der Waals surface area contributed by atoms with Gasteiger partial charge in [-0.25, -0.2) is 0 Å². The number of nitrogens with one attached hydrogen (secondary N) is 1. The topological polar surface area (TPSA) is 84.6 Å². The molecule has 1 N–H and O–H groups in total. The van der Waals surface area contributed by atoms with Crippen LogP contribution in [0.1, 0.15) is 22.3 Å². The monoisotopic (exact) mass is 554 g/mol. The van der Waals surface area contributed by atoms with Crippen molar-refractivity contribution in [1.82, 2.24) is 19.6 Å². The molecule has 2 aromatic heterocycles. The highest BCUT2D eigenvalue weighted by Gasteiger charge is 2.37. The molecule has 0 saturated carbocycles. The molecule has 8 heteroatoms. The first-order chi connectivity index (χ1) is 20.6. The lowest BCUT2D eigenvalue weighted by Crippen LogP contribution is -2.39. The molecule has 208 valence electrons. The van der Waals surface area contributed by atoms with E-state index in [0.717, 1.165) is 22.4 Å². The Kier molecular flexibility index (Phi) is 7.34. The number of anilines is 3. The summed E-state index contributed by atoms with van der Waals surface area (Å²) in [5.41, 5.74) is 4.30. The largest absolute Gasteiger partial charge is 0.469 e. The van der Waals surface area contributed by atoms with Gasteiger partial charge in [-0.2, -0.15) is 19.6 Å². The van der Waals surface area contributed by atoms with E-state index in [1.165, 1.54) is 7.11 Å². The minimum atomic E-state index is -0.840. The second kappa shape index (κ2) is 11.5. The van der Waals surface area contributed by atoms with Gasteiger partial charge in [-0.3, -0.25) is 4.79 Å². The third-order valence-electron chi connectivity index (χ3n) is 7.35. The normalized spacial score (nSPS) is 11.3. The number of methoxy groups -OCH3 is 1. The molecule has 8 nitrogen and oxygen atoms in total. The number of carbonyl (C=O) groups excluding carboxylic acids is 1. The summed E-state index contributed by atoms with van der Waals surface area (Å²) in [4.78, 5) is 24.3. The minimum Gasteiger partial charge on any atom is -0.469 e. The molecule has 0 radical (unpaired) electrons. The Hall–Kier alpha value is -5.50. The van der Waals surface area contributed by atoms with Crippen molar-refractivity contribution in [2.24, 2.45) is 0 Å². The molecule has 0 saturated heterocycles. The van der Waals surface area contributed by atoms with Crippen molar-refractivity contribution >= 4 is 29.2 Å². The molecule has 0 aliphatic heterocycles. The van der Waals surface area contributed by atoms with E-state index in [2.05, 4.69) is 46.8 Å².